The Morgan fingerprint density at radius 1 is 0.279 bits per heavy atom. The largest absolute Gasteiger partial charge is 0.472 e. The number of rotatable bonds is 84. The Morgan fingerprint density at radius 3 is 0.731 bits per heavy atom. The molecular weight excluding hydrogens is 1350 g/mol. The maximum atomic E-state index is 13.1. The number of phosphoric ester groups is 2. The minimum absolute atomic E-state index is 0.108. The van der Waals surface area contributed by atoms with Crippen molar-refractivity contribution in [2.24, 2.45) is 11.8 Å². The summed E-state index contributed by atoms with van der Waals surface area (Å²) in [5.74, 6) is -0.560. The monoisotopic (exact) mass is 1520 g/mol. The van der Waals surface area contributed by atoms with E-state index in [1.54, 1.807) is 0 Å². The van der Waals surface area contributed by atoms with Gasteiger partial charge in [-0.25, -0.2) is 9.13 Å². The molecule has 0 spiro atoms. The molecule has 0 aromatic carbocycles. The average Bonchev–Trinajstić information content (AvgIpc) is 0.909. The minimum atomic E-state index is -4.97. The molecule has 3 unspecified atom stereocenters. The Balaban J connectivity index is 5.23. The van der Waals surface area contributed by atoms with Crippen LogP contribution in [-0.4, -0.2) is 96.7 Å². The summed E-state index contributed by atoms with van der Waals surface area (Å²) >= 11 is 0. The zero-order valence-corrected chi connectivity index (χ0v) is 70.1. The molecule has 0 aliphatic carbocycles. The van der Waals surface area contributed by atoms with Crippen LogP contribution < -0.4 is 0 Å². The number of phosphoric acid groups is 2. The number of aliphatic hydroxyl groups is 1. The summed E-state index contributed by atoms with van der Waals surface area (Å²) < 4.78 is 68.9. The predicted octanol–water partition coefficient (Wildman–Crippen LogP) is 25.8. The van der Waals surface area contributed by atoms with Gasteiger partial charge >= 0.3 is 39.5 Å². The van der Waals surface area contributed by atoms with Gasteiger partial charge < -0.3 is 33.8 Å². The summed E-state index contributed by atoms with van der Waals surface area (Å²) in [5.41, 5.74) is 0. The third-order valence-electron chi connectivity index (χ3n) is 20.3. The van der Waals surface area contributed by atoms with E-state index in [2.05, 4.69) is 41.5 Å². The molecule has 0 fully saturated rings. The molecule has 0 amide bonds. The van der Waals surface area contributed by atoms with Crippen molar-refractivity contribution in [1.29, 1.82) is 0 Å². The predicted molar refractivity (Wildman–Crippen MR) is 428 cm³/mol. The van der Waals surface area contributed by atoms with E-state index >= 15 is 0 Å². The quantitative estimate of drug-likeness (QED) is 0.0222. The number of ether oxygens (including phenoxy) is 4. The van der Waals surface area contributed by atoms with Crippen LogP contribution in [0.4, 0.5) is 0 Å². The van der Waals surface area contributed by atoms with Crippen LogP contribution in [-0.2, 0) is 65.4 Å². The van der Waals surface area contributed by atoms with E-state index in [-0.39, 0.29) is 25.7 Å². The van der Waals surface area contributed by atoms with E-state index in [1.807, 2.05) is 0 Å². The van der Waals surface area contributed by atoms with Crippen LogP contribution in [0.3, 0.4) is 0 Å². The highest BCUT2D eigenvalue weighted by molar-refractivity contribution is 7.47. The van der Waals surface area contributed by atoms with Gasteiger partial charge in [-0.15, -0.1) is 0 Å². The van der Waals surface area contributed by atoms with E-state index in [4.69, 9.17) is 37.0 Å². The second kappa shape index (κ2) is 76.4. The van der Waals surface area contributed by atoms with Crippen LogP contribution in [0.1, 0.15) is 452 Å². The maximum absolute atomic E-state index is 13.1. The first-order valence-corrected chi connectivity index (χ1v) is 47.0. The molecule has 0 heterocycles. The van der Waals surface area contributed by atoms with Crippen molar-refractivity contribution in [3.63, 3.8) is 0 Å². The summed E-state index contributed by atoms with van der Waals surface area (Å²) in [6.07, 6.45) is 68.1. The topological polar surface area (TPSA) is 237 Å². The smallest absolute Gasteiger partial charge is 0.462 e. The summed E-state index contributed by atoms with van der Waals surface area (Å²) in [5, 5.41) is 10.7. The molecule has 3 N–H and O–H groups in total. The van der Waals surface area contributed by atoms with Crippen LogP contribution in [0, 0.1) is 11.8 Å². The van der Waals surface area contributed by atoms with Crippen molar-refractivity contribution in [1.82, 2.24) is 0 Å². The molecule has 0 rings (SSSR count). The highest BCUT2D eigenvalue weighted by atomic mass is 31.2. The lowest BCUT2D eigenvalue weighted by molar-refractivity contribution is -0.161. The van der Waals surface area contributed by atoms with Crippen molar-refractivity contribution in [2.45, 2.75) is 471 Å². The van der Waals surface area contributed by atoms with Crippen molar-refractivity contribution in [2.75, 3.05) is 39.6 Å². The molecule has 618 valence electrons. The minimum Gasteiger partial charge on any atom is -0.462 e. The van der Waals surface area contributed by atoms with Crippen LogP contribution in [0.5, 0.6) is 0 Å². The van der Waals surface area contributed by atoms with E-state index in [9.17, 15) is 43.2 Å². The molecule has 0 aliphatic heterocycles. The fourth-order valence-electron chi connectivity index (χ4n) is 13.2. The molecular formula is C85H166O17P2. The number of hydrogen-bond acceptors (Lipinski definition) is 15. The first-order chi connectivity index (χ1) is 50.4. The zero-order chi connectivity index (χ0) is 76.4. The Kier molecular flexibility index (Phi) is 75.0. The summed E-state index contributed by atoms with van der Waals surface area (Å²) in [6.45, 7) is 9.66. The van der Waals surface area contributed by atoms with Gasteiger partial charge in [0.25, 0.3) is 0 Å². The standard InChI is InChI=1S/C85H166O17P2/c1-7-10-12-14-16-18-20-22-24-25-26-27-28-34-38-42-46-50-58-64-69-84(89)101-80(73-95-82(87)67-61-55-48-44-40-36-33-30-29-32-35-39-43-47-53-59-65-77(4)5)75-99-103(91,92)97-71-79(86)72-98-104(93,94)100-76-81(74-96-83(88)68-62-56-52-51-54-60-66-78(6)9-3)102-85(90)70-63-57-49-45-41-37-31-23-21-19-17-15-13-11-8-2/h77-81,86H,7-76H2,1-6H3,(H,91,92)(H,93,94)/t78?,79-,80-,81-/m1/s1. The van der Waals surface area contributed by atoms with Crippen molar-refractivity contribution in [3.05, 3.63) is 0 Å². The molecule has 6 atom stereocenters. The summed E-state index contributed by atoms with van der Waals surface area (Å²) in [4.78, 5) is 73.2. The van der Waals surface area contributed by atoms with Crippen LogP contribution in [0.25, 0.3) is 0 Å². The fraction of sp³-hybridized carbons (Fsp3) is 0.953. The zero-order valence-electron chi connectivity index (χ0n) is 68.3. The van der Waals surface area contributed by atoms with Gasteiger partial charge in [-0.3, -0.25) is 37.3 Å². The van der Waals surface area contributed by atoms with Gasteiger partial charge in [0.05, 0.1) is 26.4 Å². The number of hydrogen-bond donors (Lipinski definition) is 3. The van der Waals surface area contributed by atoms with Crippen LogP contribution in [0.2, 0.25) is 0 Å². The number of carbonyl (C=O) groups is 4. The number of esters is 4. The van der Waals surface area contributed by atoms with Crippen LogP contribution >= 0.6 is 15.6 Å². The normalized spacial score (nSPS) is 14.1. The van der Waals surface area contributed by atoms with Gasteiger partial charge in [-0.1, -0.05) is 401 Å². The lowest BCUT2D eigenvalue weighted by Gasteiger charge is -2.21. The first kappa shape index (κ1) is 102. The van der Waals surface area contributed by atoms with Gasteiger partial charge in [0, 0.05) is 25.7 Å². The maximum Gasteiger partial charge on any atom is 0.472 e. The molecule has 0 radical (unpaired) electrons. The molecule has 0 aliphatic rings. The van der Waals surface area contributed by atoms with Gasteiger partial charge in [-0.2, -0.15) is 0 Å². The highest BCUT2D eigenvalue weighted by Gasteiger charge is 2.30. The Bertz CT molecular complexity index is 2000. The van der Waals surface area contributed by atoms with E-state index in [0.717, 1.165) is 108 Å². The second-order valence-electron chi connectivity index (χ2n) is 31.3. The number of carbonyl (C=O) groups excluding carboxylic acids is 4. The lowest BCUT2D eigenvalue weighted by Crippen LogP contribution is -2.30. The van der Waals surface area contributed by atoms with Gasteiger partial charge in [0.1, 0.15) is 19.3 Å². The van der Waals surface area contributed by atoms with E-state index in [0.29, 0.717) is 25.7 Å². The van der Waals surface area contributed by atoms with E-state index < -0.39 is 97.5 Å². The number of aliphatic hydroxyl groups excluding tert-OH is 1. The number of unbranched alkanes of at least 4 members (excludes halogenated alkanes) is 53. The Morgan fingerprint density at radius 2 is 0.490 bits per heavy atom. The molecule has 104 heavy (non-hydrogen) atoms. The average molecular weight is 1520 g/mol. The lowest BCUT2D eigenvalue weighted by atomic mass is 10.00. The summed E-state index contributed by atoms with van der Waals surface area (Å²) in [7, 11) is -9.93. The summed E-state index contributed by atoms with van der Waals surface area (Å²) in [6, 6.07) is 0. The SMILES string of the molecule is CCCCCCCCCCCCCCCCCCCCCCC(=O)O[C@H](COC(=O)CCCCCCCCCCCCCCCCCCC(C)C)COP(=O)(O)OC[C@@H](O)COP(=O)(O)OC[C@@H](COC(=O)CCCCCCCCC(C)CC)OC(=O)CCCCCCCCCCCCCCCCC. The molecule has 0 saturated carbocycles. The van der Waals surface area contributed by atoms with Gasteiger partial charge in [0.15, 0.2) is 12.2 Å². The van der Waals surface area contributed by atoms with Gasteiger partial charge in [0.2, 0.25) is 0 Å². The van der Waals surface area contributed by atoms with Gasteiger partial charge in [-0.05, 0) is 37.5 Å². The molecule has 17 nitrogen and oxygen atoms in total. The highest BCUT2D eigenvalue weighted by Crippen LogP contribution is 2.45. The second-order valence-corrected chi connectivity index (χ2v) is 34.2. The fourth-order valence-corrected chi connectivity index (χ4v) is 14.8. The molecule has 0 bridgehead atoms. The van der Waals surface area contributed by atoms with Crippen molar-refractivity contribution >= 4 is 39.5 Å². The van der Waals surface area contributed by atoms with Crippen molar-refractivity contribution in [3.8, 4) is 0 Å². The molecule has 0 saturated heterocycles. The van der Waals surface area contributed by atoms with Crippen LogP contribution in [0.15, 0.2) is 0 Å². The first-order valence-electron chi connectivity index (χ1n) is 44.0. The third-order valence-corrected chi connectivity index (χ3v) is 22.2. The van der Waals surface area contributed by atoms with Crippen molar-refractivity contribution < 1.29 is 80.2 Å². The molecule has 19 heteroatoms. The molecule has 0 aromatic heterocycles. The Hall–Kier alpha value is -1.94. The van der Waals surface area contributed by atoms with E-state index in [1.165, 1.54) is 263 Å². The Labute approximate surface area is 638 Å². The molecule has 0 aromatic rings. The third kappa shape index (κ3) is 76.8.